The van der Waals surface area contributed by atoms with E-state index in [0.29, 0.717) is 20.8 Å². The highest BCUT2D eigenvalue weighted by Crippen LogP contribution is 2.36. The van der Waals surface area contributed by atoms with Crippen LogP contribution in [0, 0.1) is 0 Å². The number of rotatable bonds is 4. The monoisotopic (exact) mass is 380 g/mol. The van der Waals surface area contributed by atoms with E-state index in [1.807, 2.05) is 30.3 Å². The van der Waals surface area contributed by atoms with Crippen LogP contribution in [-0.4, -0.2) is 39.5 Å². The molecule has 24 heavy (non-hydrogen) atoms. The number of carbonyl (C=O) groups is 1. The minimum Gasteiger partial charge on any atom is -0.348 e. The van der Waals surface area contributed by atoms with Gasteiger partial charge in [0, 0.05) is 20.3 Å². The molecule has 124 valence electrons. The van der Waals surface area contributed by atoms with Crippen molar-refractivity contribution in [2.24, 2.45) is 0 Å². The number of hydrogen-bond donors (Lipinski definition) is 0. The van der Waals surface area contributed by atoms with E-state index < -0.39 is 5.25 Å². The lowest BCUT2D eigenvalue weighted by atomic mass is 10.1. The third kappa shape index (κ3) is 3.36. The molecule has 5 nitrogen and oxygen atoms in total. The summed E-state index contributed by atoms with van der Waals surface area (Å²) in [6.07, 6.45) is 1.69. The minimum atomic E-state index is -0.439. The van der Waals surface area contributed by atoms with Gasteiger partial charge in [-0.05, 0) is 11.6 Å². The SMILES string of the molecule is CN(C)C(=O)[C@H](Sc1nnc2c(Cl)cc(Cl)cn12)c1ccccc1. The summed E-state index contributed by atoms with van der Waals surface area (Å²) >= 11 is 13.5. The number of carbonyl (C=O) groups excluding carboxylic acids is 1. The van der Waals surface area contributed by atoms with E-state index in [4.69, 9.17) is 23.2 Å². The maximum absolute atomic E-state index is 12.6. The van der Waals surface area contributed by atoms with E-state index in [0.717, 1.165) is 5.56 Å². The predicted molar refractivity (Wildman–Crippen MR) is 96.7 cm³/mol. The van der Waals surface area contributed by atoms with E-state index >= 15 is 0 Å². The van der Waals surface area contributed by atoms with E-state index in [2.05, 4.69) is 10.2 Å². The van der Waals surface area contributed by atoms with Crippen molar-refractivity contribution in [3.05, 3.63) is 58.2 Å². The lowest BCUT2D eigenvalue weighted by molar-refractivity contribution is -0.128. The number of likely N-dealkylation sites (N-methyl/N-ethyl adjacent to an activating group) is 1. The second-order valence-corrected chi connectivity index (χ2v) is 7.24. The van der Waals surface area contributed by atoms with Crippen LogP contribution < -0.4 is 0 Å². The maximum atomic E-state index is 12.6. The maximum Gasteiger partial charge on any atom is 0.240 e. The fourth-order valence-corrected chi connectivity index (χ4v) is 3.88. The summed E-state index contributed by atoms with van der Waals surface area (Å²) in [4.78, 5) is 14.2. The zero-order valence-corrected chi connectivity index (χ0v) is 15.3. The van der Waals surface area contributed by atoms with Gasteiger partial charge in [-0.15, -0.1) is 10.2 Å². The Balaban J connectivity index is 2.04. The van der Waals surface area contributed by atoms with Gasteiger partial charge in [0.1, 0.15) is 5.25 Å². The number of fused-ring (bicyclic) bond motifs is 1. The molecule has 0 fully saturated rings. The van der Waals surface area contributed by atoms with Crippen LogP contribution >= 0.6 is 35.0 Å². The van der Waals surface area contributed by atoms with Gasteiger partial charge >= 0.3 is 0 Å². The van der Waals surface area contributed by atoms with Crippen LogP contribution in [-0.2, 0) is 4.79 Å². The van der Waals surface area contributed by atoms with Crippen LogP contribution in [0.4, 0.5) is 0 Å². The molecular weight excluding hydrogens is 367 g/mol. The second kappa shape index (κ2) is 7.01. The number of hydrogen-bond acceptors (Lipinski definition) is 4. The van der Waals surface area contributed by atoms with Gasteiger partial charge < -0.3 is 4.90 Å². The number of amides is 1. The highest BCUT2D eigenvalue weighted by molar-refractivity contribution is 8.00. The van der Waals surface area contributed by atoms with Gasteiger partial charge in [0.25, 0.3) is 0 Å². The van der Waals surface area contributed by atoms with Gasteiger partial charge in [-0.1, -0.05) is 65.3 Å². The van der Waals surface area contributed by atoms with Gasteiger partial charge in [-0.25, -0.2) is 0 Å². The number of benzene rings is 1. The first-order chi connectivity index (χ1) is 11.5. The Kier molecular flexibility index (Phi) is 4.99. The Labute approximate surface area is 153 Å². The Morgan fingerprint density at radius 1 is 1.21 bits per heavy atom. The highest BCUT2D eigenvalue weighted by atomic mass is 35.5. The first-order valence-electron chi connectivity index (χ1n) is 7.10. The summed E-state index contributed by atoms with van der Waals surface area (Å²) in [6, 6.07) is 11.2. The van der Waals surface area contributed by atoms with Crippen LogP contribution in [0.3, 0.4) is 0 Å². The number of aromatic nitrogens is 3. The van der Waals surface area contributed by atoms with E-state index in [1.165, 1.54) is 11.8 Å². The van der Waals surface area contributed by atoms with Crippen LogP contribution in [0.15, 0.2) is 47.8 Å². The number of halogens is 2. The number of nitrogens with zero attached hydrogens (tertiary/aromatic N) is 4. The average molecular weight is 381 g/mol. The molecule has 2 aromatic heterocycles. The topological polar surface area (TPSA) is 50.5 Å². The van der Waals surface area contributed by atoms with Crippen LogP contribution in [0.2, 0.25) is 10.0 Å². The normalized spacial score (nSPS) is 12.3. The van der Waals surface area contributed by atoms with Gasteiger partial charge in [-0.3, -0.25) is 9.20 Å². The van der Waals surface area contributed by atoms with Crippen molar-refractivity contribution in [3.8, 4) is 0 Å². The Morgan fingerprint density at radius 2 is 1.92 bits per heavy atom. The summed E-state index contributed by atoms with van der Waals surface area (Å²) in [5.41, 5.74) is 1.40. The van der Waals surface area contributed by atoms with E-state index in [1.54, 1.807) is 35.7 Å². The Hall–Kier alpha value is -1.76. The quantitative estimate of drug-likeness (QED) is 0.642. The molecule has 0 saturated carbocycles. The van der Waals surface area contributed by atoms with Crippen LogP contribution in [0.25, 0.3) is 5.65 Å². The molecule has 0 aliphatic rings. The molecule has 1 amide bonds. The molecule has 0 bridgehead atoms. The summed E-state index contributed by atoms with van der Waals surface area (Å²) in [7, 11) is 3.46. The molecule has 0 aliphatic carbocycles. The predicted octanol–water partition coefficient (Wildman–Crippen LogP) is 3.96. The van der Waals surface area contributed by atoms with Crippen LogP contribution in [0.5, 0.6) is 0 Å². The van der Waals surface area contributed by atoms with Gasteiger partial charge in [0.2, 0.25) is 5.91 Å². The Bertz CT molecular complexity index is 882. The third-order valence-electron chi connectivity index (χ3n) is 3.39. The van der Waals surface area contributed by atoms with E-state index in [9.17, 15) is 4.79 Å². The zero-order valence-electron chi connectivity index (χ0n) is 13.0. The van der Waals surface area contributed by atoms with Crippen molar-refractivity contribution in [1.29, 1.82) is 0 Å². The molecule has 0 spiro atoms. The van der Waals surface area contributed by atoms with Crippen molar-refractivity contribution in [1.82, 2.24) is 19.5 Å². The van der Waals surface area contributed by atoms with E-state index in [-0.39, 0.29) is 5.91 Å². The van der Waals surface area contributed by atoms with Crippen molar-refractivity contribution in [3.63, 3.8) is 0 Å². The third-order valence-corrected chi connectivity index (χ3v) is 5.07. The summed E-state index contributed by atoms with van der Waals surface area (Å²) < 4.78 is 1.70. The van der Waals surface area contributed by atoms with Crippen molar-refractivity contribution in [2.45, 2.75) is 10.4 Å². The molecule has 0 N–H and O–H groups in total. The molecule has 3 aromatic rings. The van der Waals surface area contributed by atoms with Gasteiger partial charge in [0.15, 0.2) is 10.8 Å². The summed E-state index contributed by atoms with van der Waals surface area (Å²) in [5.74, 6) is -0.0314. The molecule has 2 heterocycles. The molecular formula is C16H14Cl2N4OS. The lowest BCUT2D eigenvalue weighted by Gasteiger charge is -2.19. The van der Waals surface area contributed by atoms with Gasteiger partial charge in [0.05, 0.1) is 10.0 Å². The summed E-state index contributed by atoms with van der Waals surface area (Å²) in [5, 5.41) is 9.26. The zero-order chi connectivity index (χ0) is 17.3. The molecule has 1 atom stereocenters. The molecule has 0 radical (unpaired) electrons. The minimum absolute atomic E-state index is 0.0314. The van der Waals surface area contributed by atoms with Crippen LogP contribution in [0.1, 0.15) is 10.8 Å². The van der Waals surface area contributed by atoms with Crippen molar-refractivity contribution in [2.75, 3.05) is 14.1 Å². The van der Waals surface area contributed by atoms with Crippen molar-refractivity contribution >= 4 is 46.5 Å². The molecule has 1 aromatic carbocycles. The smallest absolute Gasteiger partial charge is 0.240 e. The fraction of sp³-hybridized carbons (Fsp3) is 0.188. The molecule has 8 heteroatoms. The first-order valence-corrected chi connectivity index (χ1v) is 8.73. The summed E-state index contributed by atoms with van der Waals surface area (Å²) in [6.45, 7) is 0. The largest absolute Gasteiger partial charge is 0.348 e. The molecule has 0 aliphatic heterocycles. The highest BCUT2D eigenvalue weighted by Gasteiger charge is 2.26. The molecule has 0 saturated heterocycles. The number of thioether (sulfide) groups is 1. The average Bonchev–Trinajstić information content (AvgIpc) is 2.95. The fourth-order valence-electron chi connectivity index (χ4n) is 2.21. The standard InChI is InChI=1S/C16H14Cl2N4OS/c1-21(2)15(23)13(10-6-4-3-5-7-10)24-16-20-19-14-12(18)8-11(17)9-22(14)16/h3-9,13H,1-2H3/t13-/m1/s1. The number of pyridine rings is 1. The lowest BCUT2D eigenvalue weighted by Crippen LogP contribution is -2.26. The van der Waals surface area contributed by atoms with Gasteiger partial charge in [-0.2, -0.15) is 0 Å². The molecule has 0 unspecified atom stereocenters. The first kappa shape index (κ1) is 17.1. The molecule has 3 rings (SSSR count). The van der Waals surface area contributed by atoms with Crippen molar-refractivity contribution < 1.29 is 4.79 Å². The Morgan fingerprint density at radius 3 is 2.58 bits per heavy atom. The second-order valence-electron chi connectivity index (χ2n) is 5.32.